The Balaban J connectivity index is 1.42. The molecule has 2 heterocycles. The van der Waals surface area contributed by atoms with E-state index in [1.807, 2.05) is 30.3 Å². The summed E-state index contributed by atoms with van der Waals surface area (Å²) in [6.45, 7) is 0.514. The third kappa shape index (κ3) is 3.55. The number of thiophene rings is 1. The van der Waals surface area contributed by atoms with Crippen molar-refractivity contribution in [2.75, 3.05) is 0 Å². The number of hydrogen-bond donors (Lipinski definition) is 2. The number of amides is 1. The molecule has 2 N–H and O–H groups in total. The maximum absolute atomic E-state index is 12.5. The first-order chi connectivity index (χ1) is 12.7. The Morgan fingerprint density at radius 1 is 1.19 bits per heavy atom. The molecule has 1 aliphatic rings. The number of aromatic amines is 1. The van der Waals surface area contributed by atoms with Gasteiger partial charge in [-0.05, 0) is 36.8 Å². The van der Waals surface area contributed by atoms with Gasteiger partial charge in [-0.3, -0.25) is 9.59 Å². The number of nitrogens with one attached hydrogen (secondary N) is 2. The fraction of sp³-hybridized carbons (Fsp3) is 0.350. The Bertz CT molecular complexity index is 991. The van der Waals surface area contributed by atoms with Crippen LogP contribution in [0.4, 0.5) is 0 Å². The standard InChI is InChI=1S/C20H21N3O2S/c24-17(21-12-13-6-2-1-3-7-13)11-10-16-22-19(25)18-14-8-4-5-9-15(14)26-20(18)23-16/h1-3,6-7H,4-5,8-12H2,(H,21,24)(H,22,23,25). The number of aryl methyl sites for hydroxylation is 3. The molecule has 0 fully saturated rings. The van der Waals surface area contributed by atoms with Crippen LogP contribution in [0, 0.1) is 0 Å². The van der Waals surface area contributed by atoms with Crippen molar-refractivity contribution in [3.05, 3.63) is 62.5 Å². The largest absolute Gasteiger partial charge is 0.352 e. The van der Waals surface area contributed by atoms with Gasteiger partial charge < -0.3 is 10.3 Å². The second-order valence-corrected chi connectivity index (χ2v) is 7.75. The molecule has 6 heteroatoms. The number of nitrogens with zero attached hydrogens (tertiary/aromatic N) is 1. The van der Waals surface area contributed by atoms with Crippen LogP contribution in [-0.2, 0) is 30.6 Å². The van der Waals surface area contributed by atoms with E-state index in [9.17, 15) is 9.59 Å². The van der Waals surface area contributed by atoms with Gasteiger partial charge in [-0.15, -0.1) is 11.3 Å². The average molecular weight is 367 g/mol. The lowest BCUT2D eigenvalue weighted by Gasteiger charge is -2.09. The van der Waals surface area contributed by atoms with Gasteiger partial charge in [-0.2, -0.15) is 0 Å². The SMILES string of the molecule is O=C(CCc1nc2sc3c(c2c(=O)[nH]1)CCCC3)NCc1ccccc1. The molecule has 0 atom stereocenters. The van der Waals surface area contributed by atoms with E-state index in [2.05, 4.69) is 15.3 Å². The molecule has 0 aliphatic heterocycles. The summed E-state index contributed by atoms with van der Waals surface area (Å²) in [6, 6.07) is 9.81. The van der Waals surface area contributed by atoms with Crippen molar-refractivity contribution in [3.8, 4) is 0 Å². The molecule has 0 spiro atoms. The zero-order chi connectivity index (χ0) is 17.9. The number of benzene rings is 1. The van der Waals surface area contributed by atoms with Crippen molar-refractivity contribution in [1.82, 2.24) is 15.3 Å². The van der Waals surface area contributed by atoms with Crippen LogP contribution in [0.1, 0.15) is 41.1 Å². The highest BCUT2D eigenvalue weighted by Crippen LogP contribution is 2.33. The summed E-state index contributed by atoms with van der Waals surface area (Å²) in [5.41, 5.74) is 2.20. The summed E-state index contributed by atoms with van der Waals surface area (Å²) in [6.07, 6.45) is 5.10. The number of fused-ring (bicyclic) bond motifs is 3. The van der Waals surface area contributed by atoms with E-state index in [0.29, 0.717) is 25.2 Å². The van der Waals surface area contributed by atoms with Gasteiger partial charge in [0.2, 0.25) is 5.91 Å². The molecule has 0 saturated heterocycles. The quantitative estimate of drug-likeness (QED) is 0.728. The molecule has 5 nitrogen and oxygen atoms in total. The second kappa shape index (κ2) is 7.41. The van der Waals surface area contributed by atoms with Crippen LogP contribution in [0.5, 0.6) is 0 Å². The van der Waals surface area contributed by atoms with Crippen molar-refractivity contribution in [2.45, 2.75) is 45.1 Å². The van der Waals surface area contributed by atoms with E-state index in [-0.39, 0.29) is 11.5 Å². The topological polar surface area (TPSA) is 74.8 Å². The number of carbonyl (C=O) groups excluding carboxylic acids is 1. The molecule has 26 heavy (non-hydrogen) atoms. The van der Waals surface area contributed by atoms with Gasteiger partial charge in [0.15, 0.2) is 0 Å². The summed E-state index contributed by atoms with van der Waals surface area (Å²) in [4.78, 5) is 34.2. The van der Waals surface area contributed by atoms with E-state index < -0.39 is 0 Å². The fourth-order valence-electron chi connectivity index (χ4n) is 3.44. The molecule has 4 rings (SSSR count). The minimum Gasteiger partial charge on any atom is -0.352 e. The van der Waals surface area contributed by atoms with Gasteiger partial charge in [-0.25, -0.2) is 4.98 Å². The molecule has 3 aromatic rings. The lowest BCUT2D eigenvalue weighted by Crippen LogP contribution is -2.23. The Kier molecular flexibility index (Phi) is 4.84. The molecular formula is C20H21N3O2S. The Hall–Kier alpha value is -2.47. The molecule has 0 bridgehead atoms. The van der Waals surface area contributed by atoms with Crippen molar-refractivity contribution < 1.29 is 4.79 Å². The van der Waals surface area contributed by atoms with Gasteiger partial charge in [0.05, 0.1) is 5.39 Å². The van der Waals surface area contributed by atoms with Crippen LogP contribution < -0.4 is 10.9 Å². The Morgan fingerprint density at radius 3 is 2.85 bits per heavy atom. The van der Waals surface area contributed by atoms with E-state index in [4.69, 9.17) is 0 Å². The van der Waals surface area contributed by atoms with Crippen molar-refractivity contribution >= 4 is 27.5 Å². The number of hydrogen-bond acceptors (Lipinski definition) is 4. The predicted molar refractivity (Wildman–Crippen MR) is 103 cm³/mol. The van der Waals surface area contributed by atoms with Crippen molar-refractivity contribution in [3.63, 3.8) is 0 Å². The number of H-pyrrole nitrogens is 1. The van der Waals surface area contributed by atoms with Gasteiger partial charge in [0, 0.05) is 24.3 Å². The Labute approximate surface area is 155 Å². The first kappa shape index (κ1) is 17.0. The highest BCUT2D eigenvalue weighted by Gasteiger charge is 2.19. The monoisotopic (exact) mass is 367 g/mol. The van der Waals surface area contributed by atoms with Gasteiger partial charge >= 0.3 is 0 Å². The molecule has 0 saturated carbocycles. The molecule has 1 aliphatic carbocycles. The highest BCUT2D eigenvalue weighted by atomic mass is 32.1. The first-order valence-electron chi connectivity index (χ1n) is 9.05. The van der Waals surface area contributed by atoms with E-state index in [1.54, 1.807) is 11.3 Å². The summed E-state index contributed by atoms with van der Waals surface area (Å²) in [5, 5.41) is 3.67. The van der Waals surface area contributed by atoms with Gasteiger partial charge in [0.25, 0.3) is 5.56 Å². The second-order valence-electron chi connectivity index (χ2n) is 6.67. The lowest BCUT2D eigenvalue weighted by atomic mass is 9.97. The highest BCUT2D eigenvalue weighted by molar-refractivity contribution is 7.18. The normalized spacial score (nSPS) is 13.5. The maximum Gasteiger partial charge on any atom is 0.259 e. The average Bonchev–Trinajstić information content (AvgIpc) is 3.04. The zero-order valence-corrected chi connectivity index (χ0v) is 15.3. The molecule has 1 amide bonds. The van der Waals surface area contributed by atoms with E-state index >= 15 is 0 Å². The molecule has 1 aromatic carbocycles. The Morgan fingerprint density at radius 2 is 2.00 bits per heavy atom. The molecule has 0 unspecified atom stereocenters. The molecule has 2 aromatic heterocycles. The summed E-state index contributed by atoms with van der Waals surface area (Å²) >= 11 is 1.64. The van der Waals surface area contributed by atoms with Gasteiger partial charge in [0.1, 0.15) is 10.7 Å². The minimum absolute atomic E-state index is 0.0397. The summed E-state index contributed by atoms with van der Waals surface area (Å²) in [7, 11) is 0. The van der Waals surface area contributed by atoms with Crippen molar-refractivity contribution in [2.24, 2.45) is 0 Å². The summed E-state index contributed by atoms with van der Waals surface area (Å²) in [5.74, 6) is 0.554. The minimum atomic E-state index is -0.0610. The van der Waals surface area contributed by atoms with E-state index in [1.165, 1.54) is 16.9 Å². The van der Waals surface area contributed by atoms with Crippen LogP contribution in [0.15, 0.2) is 35.1 Å². The zero-order valence-electron chi connectivity index (χ0n) is 14.5. The number of carbonyl (C=O) groups is 1. The maximum atomic E-state index is 12.5. The van der Waals surface area contributed by atoms with E-state index in [0.717, 1.165) is 35.0 Å². The third-order valence-corrected chi connectivity index (χ3v) is 5.98. The lowest BCUT2D eigenvalue weighted by molar-refractivity contribution is -0.121. The molecule has 0 radical (unpaired) electrons. The van der Waals surface area contributed by atoms with Crippen LogP contribution in [0.2, 0.25) is 0 Å². The summed E-state index contributed by atoms with van der Waals surface area (Å²) < 4.78 is 0. The molecule has 134 valence electrons. The smallest absolute Gasteiger partial charge is 0.259 e. The predicted octanol–water partition coefficient (Wildman–Crippen LogP) is 3.11. The van der Waals surface area contributed by atoms with Crippen LogP contribution >= 0.6 is 11.3 Å². The third-order valence-electron chi connectivity index (χ3n) is 4.80. The van der Waals surface area contributed by atoms with Crippen LogP contribution in [0.3, 0.4) is 0 Å². The van der Waals surface area contributed by atoms with Crippen molar-refractivity contribution in [1.29, 1.82) is 0 Å². The van der Waals surface area contributed by atoms with Crippen LogP contribution in [0.25, 0.3) is 10.2 Å². The van der Waals surface area contributed by atoms with Gasteiger partial charge in [-0.1, -0.05) is 30.3 Å². The first-order valence-corrected chi connectivity index (χ1v) is 9.86. The van der Waals surface area contributed by atoms with Crippen LogP contribution in [-0.4, -0.2) is 15.9 Å². The molecular weight excluding hydrogens is 346 g/mol. The number of rotatable bonds is 5. The fourth-order valence-corrected chi connectivity index (χ4v) is 4.72. The number of aromatic nitrogens is 2.